The highest BCUT2D eigenvalue weighted by molar-refractivity contribution is 5.19. The van der Waals surface area contributed by atoms with E-state index in [2.05, 4.69) is 0 Å². The fraction of sp³-hybridized carbons (Fsp3) is 0.600. The molecular formula is C15H22FNO. The smallest absolute Gasteiger partial charge is 0.123 e. The molecular weight excluding hydrogens is 229 g/mol. The zero-order chi connectivity index (χ0) is 12.8. The molecule has 1 saturated carbocycles. The van der Waals surface area contributed by atoms with Crippen LogP contribution in [0.3, 0.4) is 0 Å². The Kier molecular flexibility index (Phi) is 5.14. The molecule has 3 heteroatoms. The number of nitrogens with two attached hydrogens (primary N) is 1. The van der Waals surface area contributed by atoms with Crippen molar-refractivity contribution in [3.63, 3.8) is 0 Å². The van der Waals surface area contributed by atoms with Crippen molar-refractivity contribution in [1.29, 1.82) is 0 Å². The van der Waals surface area contributed by atoms with Crippen molar-refractivity contribution in [2.45, 2.75) is 38.2 Å². The molecule has 0 radical (unpaired) electrons. The van der Waals surface area contributed by atoms with E-state index in [1.165, 1.54) is 44.2 Å². The maximum atomic E-state index is 12.9. The van der Waals surface area contributed by atoms with Crippen LogP contribution in [0.15, 0.2) is 24.3 Å². The molecule has 0 amide bonds. The van der Waals surface area contributed by atoms with Crippen LogP contribution >= 0.6 is 0 Å². The van der Waals surface area contributed by atoms with Crippen LogP contribution in [0.5, 0.6) is 0 Å². The molecule has 0 aromatic heterocycles. The van der Waals surface area contributed by atoms with Crippen molar-refractivity contribution < 1.29 is 9.13 Å². The van der Waals surface area contributed by atoms with Gasteiger partial charge in [-0.15, -0.1) is 0 Å². The summed E-state index contributed by atoms with van der Waals surface area (Å²) in [6, 6.07) is 6.44. The lowest BCUT2D eigenvalue weighted by atomic mass is 9.90. The minimum absolute atomic E-state index is 0.104. The van der Waals surface area contributed by atoms with Gasteiger partial charge in [-0.2, -0.15) is 0 Å². The Morgan fingerprint density at radius 1 is 1.17 bits per heavy atom. The largest absolute Gasteiger partial charge is 0.372 e. The summed E-state index contributed by atoms with van der Waals surface area (Å²) in [5.41, 5.74) is 6.71. The lowest BCUT2D eigenvalue weighted by Crippen LogP contribution is -2.21. The van der Waals surface area contributed by atoms with Crippen LogP contribution in [0.1, 0.15) is 43.8 Å². The first-order chi connectivity index (χ1) is 8.79. The standard InChI is InChI=1S/C15H22FNO/c16-14-8-6-13(7-9-14)15(10-17)18-11-12-4-2-1-3-5-12/h6-9,12,15H,1-5,10-11,17H2. The Morgan fingerprint density at radius 3 is 2.44 bits per heavy atom. The monoisotopic (exact) mass is 251 g/mol. The third-order valence-corrected chi connectivity index (χ3v) is 3.71. The molecule has 0 saturated heterocycles. The minimum Gasteiger partial charge on any atom is -0.372 e. The van der Waals surface area contributed by atoms with Gasteiger partial charge in [-0.05, 0) is 36.5 Å². The van der Waals surface area contributed by atoms with Crippen LogP contribution in [0.25, 0.3) is 0 Å². The molecule has 1 unspecified atom stereocenters. The highest BCUT2D eigenvalue weighted by Gasteiger charge is 2.17. The van der Waals surface area contributed by atoms with E-state index in [9.17, 15) is 4.39 Å². The van der Waals surface area contributed by atoms with Crippen LogP contribution in [-0.4, -0.2) is 13.2 Å². The zero-order valence-corrected chi connectivity index (χ0v) is 10.8. The number of rotatable bonds is 5. The van der Waals surface area contributed by atoms with E-state index in [1.54, 1.807) is 12.1 Å². The van der Waals surface area contributed by atoms with Gasteiger partial charge in [0.15, 0.2) is 0 Å². The Balaban J connectivity index is 1.86. The molecule has 0 aliphatic heterocycles. The lowest BCUT2D eigenvalue weighted by Gasteiger charge is -2.24. The molecule has 18 heavy (non-hydrogen) atoms. The van der Waals surface area contributed by atoms with Gasteiger partial charge in [0.1, 0.15) is 5.82 Å². The van der Waals surface area contributed by atoms with Gasteiger partial charge < -0.3 is 10.5 Å². The van der Waals surface area contributed by atoms with Crippen molar-refractivity contribution in [2.75, 3.05) is 13.2 Å². The Bertz CT molecular complexity index is 346. The van der Waals surface area contributed by atoms with Crippen LogP contribution < -0.4 is 5.73 Å². The molecule has 1 aliphatic carbocycles. The first kappa shape index (κ1) is 13.5. The van der Waals surface area contributed by atoms with Crippen LogP contribution in [-0.2, 0) is 4.74 Å². The zero-order valence-electron chi connectivity index (χ0n) is 10.8. The first-order valence-corrected chi connectivity index (χ1v) is 6.86. The van der Waals surface area contributed by atoms with Crippen molar-refractivity contribution in [3.05, 3.63) is 35.6 Å². The quantitative estimate of drug-likeness (QED) is 0.870. The molecule has 0 bridgehead atoms. The van der Waals surface area contributed by atoms with Gasteiger partial charge in [-0.25, -0.2) is 4.39 Å². The van der Waals surface area contributed by atoms with E-state index in [0.29, 0.717) is 12.5 Å². The molecule has 1 aromatic carbocycles. The van der Waals surface area contributed by atoms with E-state index < -0.39 is 0 Å². The van der Waals surface area contributed by atoms with Gasteiger partial charge in [0.05, 0.1) is 12.7 Å². The summed E-state index contributed by atoms with van der Waals surface area (Å²) < 4.78 is 18.8. The third-order valence-electron chi connectivity index (χ3n) is 3.71. The highest BCUT2D eigenvalue weighted by Crippen LogP contribution is 2.26. The Hall–Kier alpha value is -0.930. The molecule has 1 fully saturated rings. The van der Waals surface area contributed by atoms with Crippen molar-refractivity contribution in [2.24, 2.45) is 11.7 Å². The van der Waals surface area contributed by atoms with Gasteiger partial charge in [0.2, 0.25) is 0 Å². The van der Waals surface area contributed by atoms with E-state index >= 15 is 0 Å². The Labute approximate surface area is 108 Å². The summed E-state index contributed by atoms with van der Waals surface area (Å²) in [4.78, 5) is 0. The summed E-state index contributed by atoms with van der Waals surface area (Å²) in [5.74, 6) is 0.454. The fourth-order valence-electron chi connectivity index (χ4n) is 2.58. The maximum Gasteiger partial charge on any atom is 0.123 e. The normalized spacial score (nSPS) is 18.8. The Morgan fingerprint density at radius 2 is 1.83 bits per heavy atom. The minimum atomic E-state index is -0.221. The second-order valence-electron chi connectivity index (χ2n) is 5.11. The van der Waals surface area contributed by atoms with Gasteiger partial charge in [-0.1, -0.05) is 31.4 Å². The number of hydrogen-bond donors (Lipinski definition) is 1. The number of halogens is 1. The molecule has 1 aliphatic rings. The molecule has 2 N–H and O–H groups in total. The van der Waals surface area contributed by atoms with Crippen molar-refractivity contribution in [1.82, 2.24) is 0 Å². The van der Waals surface area contributed by atoms with Crippen LogP contribution in [0, 0.1) is 11.7 Å². The average molecular weight is 251 g/mol. The predicted octanol–water partition coefficient (Wildman–Crippen LogP) is 3.42. The SMILES string of the molecule is NCC(OCC1CCCCC1)c1ccc(F)cc1. The van der Waals surface area contributed by atoms with E-state index in [0.717, 1.165) is 12.2 Å². The highest BCUT2D eigenvalue weighted by atomic mass is 19.1. The molecule has 2 rings (SSSR count). The van der Waals surface area contributed by atoms with E-state index in [4.69, 9.17) is 10.5 Å². The van der Waals surface area contributed by atoms with Crippen LogP contribution in [0.4, 0.5) is 4.39 Å². The summed E-state index contributed by atoms with van der Waals surface area (Å²) in [6.45, 7) is 1.22. The fourth-order valence-corrected chi connectivity index (χ4v) is 2.58. The van der Waals surface area contributed by atoms with E-state index in [-0.39, 0.29) is 11.9 Å². The van der Waals surface area contributed by atoms with Gasteiger partial charge in [-0.3, -0.25) is 0 Å². The maximum absolute atomic E-state index is 12.9. The van der Waals surface area contributed by atoms with Gasteiger partial charge in [0, 0.05) is 6.54 Å². The van der Waals surface area contributed by atoms with Gasteiger partial charge in [0.25, 0.3) is 0 Å². The lowest BCUT2D eigenvalue weighted by molar-refractivity contribution is 0.0246. The number of benzene rings is 1. The topological polar surface area (TPSA) is 35.2 Å². The summed E-state index contributed by atoms with van der Waals surface area (Å²) in [6.07, 6.45) is 6.42. The average Bonchev–Trinajstić information content (AvgIpc) is 2.42. The van der Waals surface area contributed by atoms with Crippen LogP contribution in [0.2, 0.25) is 0 Å². The molecule has 0 spiro atoms. The molecule has 100 valence electrons. The molecule has 2 nitrogen and oxygen atoms in total. The first-order valence-electron chi connectivity index (χ1n) is 6.86. The summed E-state index contributed by atoms with van der Waals surface area (Å²) in [5, 5.41) is 0. The number of hydrogen-bond acceptors (Lipinski definition) is 2. The van der Waals surface area contributed by atoms with Crippen molar-refractivity contribution >= 4 is 0 Å². The number of ether oxygens (including phenoxy) is 1. The summed E-state index contributed by atoms with van der Waals surface area (Å²) in [7, 11) is 0. The summed E-state index contributed by atoms with van der Waals surface area (Å²) >= 11 is 0. The molecule has 1 aromatic rings. The van der Waals surface area contributed by atoms with Gasteiger partial charge >= 0.3 is 0 Å². The van der Waals surface area contributed by atoms with Crippen molar-refractivity contribution in [3.8, 4) is 0 Å². The molecule has 1 atom stereocenters. The van der Waals surface area contributed by atoms with E-state index in [1.807, 2.05) is 0 Å². The second-order valence-corrected chi connectivity index (χ2v) is 5.11. The molecule has 0 heterocycles. The predicted molar refractivity (Wildman–Crippen MR) is 70.7 cm³/mol. The third kappa shape index (κ3) is 3.79. The second kappa shape index (κ2) is 6.86.